The molecule has 0 amide bonds. The van der Waals surface area contributed by atoms with E-state index in [9.17, 15) is 5.11 Å². The van der Waals surface area contributed by atoms with Gasteiger partial charge in [-0.3, -0.25) is 4.90 Å². The molecule has 19 heavy (non-hydrogen) atoms. The zero-order valence-corrected chi connectivity index (χ0v) is 11.4. The molecule has 102 valence electrons. The molecule has 1 aliphatic rings. The Labute approximate surface area is 113 Å². The number of fused-ring (bicyclic) bond motifs is 1. The summed E-state index contributed by atoms with van der Waals surface area (Å²) in [7, 11) is 2.07. The third kappa shape index (κ3) is 2.67. The minimum absolute atomic E-state index is 0.478. The van der Waals surface area contributed by atoms with Crippen LogP contribution in [-0.2, 0) is 6.54 Å². The molecule has 3 heteroatoms. The molecule has 0 spiro atoms. The minimum Gasteiger partial charge on any atom is -0.464 e. The molecule has 0 aliphatic heterocycles. The number of hydrogen-bond donors (Lipinski definition) is 1. The highest BCUT2D eigenvalue weighted by molar-refractivity contribution is 5.80. The number of nitrogens with zero attached hydrogens (tertiary/aromatic N) is 1. The minimum atomic E-state index is -0.478. The normalized spacial score (nSPS) is 18.5. The van der Waals surface area contributed by atoms with Gasteiger partial charge in [-0.05, 0) is 26.0 Å². The van der Waals surface area contributed by atoms with Crippen molar-refractivity contribution in [3.05, 3.63) is 36.1 Å². The first-order chi connectivity index (χ1) is 9.16. The lowest BCUT2D eigenvalue weighted by molar-refractivity contribution is 0.0145. The molecule has 1 aromatic carbocycles. The van der Waals surface area contributed by atoms with Gasteiger partial charge in [-0.1, -0.05) is 31.0 Å². The Morgan fingerprint density at radius 1 is 1.26 bits per heavy atom. The van der Waals surface area contributed by atoms with E-state index in [1.807, 2.05) is 24.5 Å². The molecule has 3 nitrogen and oxygen atoms in total. The summed E-state index contributed by atoms with van der Waals surface area (Å²) in [6, 6.07) is 8.10. The quantitative estimate of drug-likeness (QED) is 0.916. The number of likely N-dealkylation sites (N-methyl/N-ethyl adjacent to an activating group) is 1. The van der Waals surface area contributed by atoms with Gasteiger partial charge in [0.05, 0.1) is 11.9 Å². The average Bonchev–Trinajstić information content (AvgIpc) is 2.97. The Kier molecular flexibility index (Phi) is 3.33. The van der Waals surface area contributed by atoms with Gasteiger partial charge in [-0.2, -0.15) is 0 Å². The third-order valence-electron chi connectivity index (χ3n) is 4.10. The molecule has 2 aromatic rings. The molecular weight excluding hydrogens is 238 g/mol. The summed E-state index contributed by atoms with van der Waals surface area (Å²) >= 11 is 0. The van der Waals surface area contributed by atoms with Crippen LogP contribution in [0.25, 0.3) is 11.0 Å². The van der Waals surface area contributed by atoms with Crippen molar-refractivity contribution in [2.45, 2.75) is 37.8 Å². The molecule has 1 N–H and O–H groups in total. The Hall–Kier alpha value is -1.32. The molecule has 1 saturated carbocycles. The van der Waals surface area contributed by atoms with E-state index in [2.05, 4.69) is 18.0 Å². The van der Waals surface area contributed by atoms with Crippen LogP contribution in [0.2, 0.25) is 0 Å². The molecule has 3 rings (SSSR count). The van der Waals surface area contributed by atoms with Crippen molar-refractivity contribution in [3.63, 3.8) is 0 Å². The summed E-state index contributed by atoms with van der Waals surface area (Å²) in [6.07, 6.45) is 6.00. The van der Waals surface area contributed by atoms with E-state index in [0.29, 0.717) is 0 Å². The highest BCUT2D eigenvalue weighted by atomic mass is 16.3. The fourth-order valence-corrected chi connectivity index (χ4v) is 3.20. The largest absolute Gasteiger partial charge is 0.464 e. The fourth-order valence-electron chi connectivity index (χ4n) is 3.20. The van der Waals surface area contributed by atoms with Gasteiger partial charge in [0.1, 0.15) is 5.58 Å². The van der Waals surface area contributed by atoms with Crippen molar-refractivity contribution in [1.82, 2.24) is 4.90 Å². The first-order valence-corrected chi connectivity index (χ1v) is 7.02. The molecule has 0 bridgehead atoms. The summed E-state index contributed by atoms with van der Waals surface area (Å²) in [5.74, 6) is 0. The van der Waals surface area contributed by atoms with Crippen molar-refractivity contribution in [3.8, 4) is 0 Å². The molecule has 1 aromatic heterocycles. The average molecular weight is 259 g/mol. The van der Waals surface area contributed by atoms with Crippen LogP contribution in [0.5, 0.6) is 0 Å². The van der Waals surface area contributed by atoms with Crippen LogP contribution in [-0.4, -0.2) is 29.2 Å². The number of furan rings is 1. The zero-order chi connectivity index (χ0) is 13.3. The second-order valence-corrected chi connectivity index (χ2v) is 5.86. The molecule has 1 aliphatic carbocycles. The van der Waals surface area contributed by atoms with Crippen LogP contribution in [0.15, 0.2) is 34.9 Å². The Morgan fingerprint density at radius 3 is 2.79 bits per heavy atom. The Bertz CT molecular complexity index is 555. The Morgan fingerprint density at radius 2 is 2.00 bits per heavy atom. The topological polar surface area (TPSA) is 36.6 Å². The second-order valence-electron chi connectivity index (χ2n) is 5.86. The maximum absolute atomic E-state index is 10.4. The van der Waals surface area contributed by atoms with E-state index < -0.39 is 5.60 Å². The van der Waals surface area contributed by atoms with Gasteiger partial charge < -0.3 is 9.52 Å². The molecule has 0 unspecified atom stereocenters. The molecule has 0 atom stereocenters. The van der Waals surface area contributed by atoms with E-state index >= 15 is 0 Å². The van der Waals surface area contributed by atoms with Gasteiger partial charge in [-0.15, -0.1) is 0 Å². The first kappa shape index (κ1) is 12.7. The van der Waals surface area contributed by atoms with Crippen molar-refractivity contribution >= 4 is 11.0 Å². The van der Waals surface area contributed by atoms with Crippen LogP contribution in [0, 0.1) is 0 Å². The van der Waals surface area contributed by atoms with Gasteiger partial charge in [0.25, 0.3) is 0 Å². The fraction of sp³-hybridized carbons (Fsp3) is 0.500. The summed E-state index contributed by atoms with van der Waals surface area (Å²) < 4.78 is 5.56. The van der Waals surface area contributed by atoms with Crippen LogP contribution >= 0.6 is 0 Å². The predicted molar refractivity (Wildman–Crippen MR) is 76.0 cm³/mol. The summed E-state index contributed by atoms with van der Waals surface area (Å²) in [5, 5.41) is 11.6. The molecular formula is C16H21NO2. The van der Waals surface area contributed by atoms with Gasteiger partial charge in [0.2, 0.25) is 0 Å². The van der Waals surface area contributed by atoms with Crippen LogP contribution < -0.4 is 0 Å². The standard InChI is InChI=1S/C16H21NO2/c1-17(12-16(18)8-4-5-9-16)10-13-11-19-15-7-3-2-6-14(13)15/h2-3,6-7,11,18H,4-5,8-10,12H2,1H3. The third-order valence-corrected chi connectivity index (χ3v) is 4.10. The maximum Gasteiger partial charge on any atom is 0.134 e. The van der Waals surface area contributed by atoms with E-state index in [1.165, 1.54) is 10.9 Å². The van der Waals surface area contributed by atoms with Gasteiger partial charge in [-0.25, -0.2) is 0 Å². The SMILES string of the molecule is CN(Cc1coc2ccccc12)CC1(O)CCCC1. The number of rotatable bonds is 4. The number of para-hydroxylation sites is 1. The zero-order valence-electron chi connectivity index (χ0n) is 11.4. The molecule has 0 radical (unpaired) electrons. The van der Waals surface area contributed by atoms with Crippen LogP contribution in [0.3, 0.4) is 0 Å². The van der Waals surface area contributed by atoms with Crippen molar-refractivity contribution < 1.29 is 9.52 Å². The highest BCUT2D eigenvalue weighted by Crippen LogP contribution is 2.30. The van der Waals surface area contributed by atoms with Gasteiger partial charge in [0, 0.05) is 24.0 Å². The van der Waals surface area contributed by atoms with Crippen molar-refractivity contribution in [1.29, 1.82) is 0 Å². The van der Waals surface area contributed by atoms with E-state index in [-0.39, 0.29) is 0 Å². The van der Waals surface area contributed by atoms with Crippen LogP contribution in [0.4, 0.5) is 0 Å². The lowest BCUT2D eigenvalue weighted by Crippen LogP contribution is -2.38. The van der Waals surface area contributed by atoms with E-state index in [1.54, 1.807) is 0 Å². The monoisotopic (exact) mass is 259 g/mol. The maximum atomic E-state index is 10.4. The Balaban J connectivity index is 1.70. The highest BCUT2D eigenvalue weighted by Gasteiger charge is 2.32. The predicted octanol–water partition coefficient (Wildman–Crippen LogP) is 3.17. The van der Waals surface area contributed by atoms with Gasteiger partial charge >= 0.3 is 0 Å². The van der Waals surface area contributed by atoms with Gasteiger partial charge in [0.15, 0.2) is 0 Å². The van der Waals surface area contributed by atoms with E-state index in [4.69, 9.17) is 4.42 Å². The summed E-state index contributed by atoms with van der Waals surface area (Å²) in [6.45, 7) is 1.56. The smallest absolute Gasteiger partial charge is 0.134 e. The van der Waals surface area contributed by atoms with Crippen molar-refractivity contribution in [2.75, 3.05) is 13.6 Å². The molecule has 1 heterocycles. The number of hydrogen-bond acceptors (Lipinski definition) is 3. The summed E-state index contributed by atoms with van der Waals surface area (Å²) in [4.78, 5) is 2.20. The molecule has 0 saturated heterocycles. The number of aliphatic hydroxyl groups is 1. The molecule has 1 fully saturated rings. The van der Waals surface area contributed by atoms with Crippen molar-refractivity contribution in [2.24, 2.45) is 0 Å². The summed E-state index contributed by atoms with van der Waals surface area (Å²) in [5.41, 5.74) is 1.65. The second kappa shape index (κ2) is 4.99. The lowest BCUT2D eigenvalue weighted by atomic mass is 10.0. The number of benzene rings is 1. The first-order valence-electron chi connectivity index (χ1n) is 7.02. The lowest BCUT2D eigenvalue weighted by Gasteiger charge is -2.28. The van der Waals surface area contributed by atoms with Crippen LogP contribution in [0.1, 0.15) is 31.2 Å². The van der Waals surface area contributed by atoms with E-state index in [0.717, 1.165) is 44.4 Å².